The molecule has 0 saturated heterocycles. The van der Waals surface area contributed by atoms with Crippen LogP contribution in [0.1, 0.15) is 0 Å². The van der Waals surface area contributed by atoms with Crippen LogP contribution in [0.2, 0.25) is 0 Å². The molecule has 45 heavy (non-hydrogen) atoms. The van der Waals surface area contributed by atoms with E-state index in [1.807, 2.05) is 0 Å². The average Bonchev–Trinajstić information content (AvgIpc) is 3.50. The van der Waals surface area contributed by atoms with Crippen molar-refractivity contribution in [2.45, 2.75) is 0 Å². The number of rotatable bonds is 3. The van der Waals surface area contributed by atoms with E-state index in [1.54, 1.807) is 0 Å². The number of benzene rings is 9. The fourth-order valence-electron chi connectivity index (χ4n) is 7.65. The van der Waals surface area contributed by atoms with Gasteiger partial charge in [0.05, 0.1) is 0 Å². The van der Waals surface area contributed by atoms with Gasteiger partial charge in [-0.1, -0.05) is 133 Å². The van der Waals surface area contributed by atoms with Crippen LogP contribution in [0.15, 0.2) is 162 Å². The van der Waals surface area contributed by atoms with Crippen molar-refractivity contribution in [2.75, 3.05) is 0 Å². The second kappa shape index (κ2) is 9.29. The minimum absolute atomic E-state index is 0.934. The Bertz CT molecular complexity index is 2690. The van der Waals surface area contributed by atoms with Crippen molar-refractivity contribution in [3.05, 3.63) is 158 Å². The van der Waals surface area contributed by atoms with Crippen molar-refractivity contribution in [3.63, 3.8) is 0 Å². The SMILES string of the molecule is c1ccc(-c2ccc3c(-c4c5ccccc5c(-c5ccc6ccccc6c5)c5ccccc45)cc4cccc5oc2c3c45)cc1. The van der Waals surface area contributed by atoms with Gasteiger partial charge >= 0.3 is 0 Å². The molecule has 0 bridgehead atoms. The molecular weight excluding hydrogens is 544 g/mol. The first-order valence-corrected chi connectivity index (χ1v) is 15.5. The summed E-state index contributed by atoms with van der Waals surface area (Å²) >= 11 is 0. The molecule has 0 atom stereocenters. The van der Waals surface area contributed by atoms with E-state index in [-0.39, 0.29) is 0 Å². The smallest absolute Gasteiger partial charge is 0.143 e. The summed E-state index contributed by atoms with van der Waals surface area (Å²) in [5.41, 5.74) is 9.19. The molecule has 1 heteroatoms. The maximum atomic E-state index is 6.68. The summed E-state index contributed by atoms with van der Waals surface area (Å²) < 4.78 is 6.68. The molecule has 0 aliphatic carbocycles. The minimum Gasteiger partial charge on any atom is -0.455 e. The van der Waals surface area contributed by atoms with Crippen LogP contribution in [0.3, 0.4) is 0 Å². The van der Waals surface area contributed by atoms with E-state index < -0.39 is 0 Å². The lowest BCUT2D eigenvalue weighted by Crippen LogP contribution is -1.92. The van der Waals surface area contributed by atoms with E-state index >= 15 is 0 Å². The molecule has 0 N–H and O–H groups in total. The zero-order valence-corrected chi connectivity index (χ0v) is 24.4. The van der Waals surface area contributed by atoms with Gasteiger partial charge in [0.15, 0.2) is 0 Å². The lowest BCUT2D eigenvalue weighted by molar-refractivity contribution is 0.670. The van der Waals surface area contributed by atoms with Crippen LogP contribution in [0.4, 0.5) is 0 Å². The third kappa shape index (κ3) is 3.50. The Balaban J connectivity index is 1.35. The van der Waals surface area contributed by atoms with E-state index in [9.17, 15) is 0 Å². The van der Waals surface area contributed by atoms with Crippen LogP contribution >= 0.6 is 0 Å². The standard InChI is InChI=1S/C44H26O/c1-2-12-28(13-3-1)32-23-24-37-38(26-30-15-10-20-39-41(30)43(37)44(32)45-39)42-35-18-8-6-16-33(35)40(34-17-7-9-19-36(34)42)31-22-21-27-11-4-5-14-29(27)25-31/h1-26H. The highest BCUT2D eigenvalue weighted by Gasteiger charge is 2.23. The Morgan fingerprint density at radius 3 is 1.73 bits per heavy atom. The van der Waals surface area contributed by atoms with Crippen LogP contribution in [-0.4, -0.2) is 0 Å². The second-order valence-electron chi connectivity index (χ2n) is 12.0. The quantitative estimate of drug-likeness (QED) is 0.152. The van der Waals surface area contributed by atoms with Crippen LogP contribution < -0.4 is 0 Å². The third-order valence-corrected chi connectivity index (χ3v) is 9.59. The summed E-state index contributed by atoms with van der Waals surface area (Å²) in [6.07, 6.45) is 0. The Labute approximate surface area is 259 Å². The molecule has 0 radical (unpaired) electrons. The van der Waals surface area contributed by atoms with Crippen LogP contribution in [-0.2, 0) is 0 Å². The van der Waals surface area contributed by atoms with Gasteiger partial charge in [-0.2, -0.15) is 0 Å². The van der Waals surface area contributed by atoms with E-state index in [1.165, 1.54) is 76.1 Å². The predicted molar refractivity (Wildman–Crippen MR) is 191 cm³/mol. The van der Waals surface area contributed by atoms with Gasteiger partial charge in [0.25, 0.3) is 0 Å². The molecule has 10 aromatic rings. The fraction of sp³-hybridized carbons (Fsp3) is 0. The van der Waals surface area contributed by atoms with Crippen molar-refractivity contribution in [2.24, 2.45) is 0 Å². The van der Waals surface area contributed by atoms with Gasteiger partial charge in [-0.3, -0.25) is 0 Å². The van der Waals surface area contributed by atoms with Gasteiger partial charge in [0, 0.05) is 16.3 Å². The van der Waals surface area contributed by atoms with Gasteiger partial charge < -0.3 is 4.42 Å². The first-order valence-electron chi connectivity index (χ1n) is 15.5. The highest BCUT2D eigenvalue weighted by Crippen LogP contribution is 2.49. The highest BCUT2D eigenvalue weighted by atomic mass is 16.3. The zero-order valence-electron chi connectivity index (χ0n) is 24.4. The van der Waals surface area contributed by atoms with E-state index in [4.69, 9.17) is 4.42 Å². The fourth-order valence-corrected chi connectivity index (χ4v) is 7.65. The summed E-state index contributed by atoms with van der Waals surface area (Å²) in [6, 6.07) is 57.3. The van der Waals surface area contributed by atoms with Crippen molar-refractivity contribution in [1.82, 2.24) is 0 Å². The van der Waals surface area contributed by atoms with Crippen LogP contribution in [0.5, 0.6) is 0 Å². The highest BCUT2D eigenvalue weighted by molar-refractivity contribution is 6.31. The number of hydrogen-bond acceptors (Lipinski definition) is 1. The van der Waals surface area contributed by atoms with Gasteiger partial charge in [-0.25, -0.2) is 0 Å². The molecular formula is C44H26O. The second-order valence-corrected chi connectivity index (χ2v) is 12.0. The molecule has 0 aliphatic rings. The van der Waals surface area contributed by atoms with E-state index in [0.29, 0.717) is 0 Å². The molecule has 0 unspecified atom stereocenters. The molecule has 1 nitrogen and oxygen atoms in total. The zero-order chi connectivity index (χ0) is 29.5. The Hall–Kier alpha value is -5.92. The number of hydrogen-bond donors (Lipinski definition) is 0. The molecule has 10 rings (SSSR count). The molecule has 208 valence electrons. The lowest BCUT2D eigenvalue weighted by atomic mass is 9.83. The Morgan fingerprint density at radius 1 is 0.333 bits per heavy atom. The maximum Gasteiger partial charge on any atom is 0.143 e. The monoisotopic (exact) mass is 570 g/mol. The van der Waals surface area contributed by atoms with E-state index in [0.717, 1.165) is 22.3 Å². The van der Waals surface area contributed by atoms with Crippen molar-refractivity contribution < 1.29 is 4.42 Å². The largest absolute Gasteiger partial charge is 0.455 e. The molecule has 0 spiro atoms. The number of fused-ring (bicyclic) bond motifs is 3. The molecule has 0 saturated carbocycles. The normalized spacial score (nSPS) is 12.0. The van der Waals surface area contributed by atoms with Crippen LogP contribution in [0.25, 0.3) is 98.4 Å². The Kier molecular flexibility index (Phi) is 5.06. The van der Waals surface area contributed by atoms with Gasteiger partial charge in [-0.15, -0.1) is 0 Å². The van der Waals surface area contributed by atoms with Gasteiger partial charge in [-0.05, 0) is 95.2 Å². The summed E-state index contributed by atoms with van der Waals surface area (Å²) in [4.78, 5) is 0. The van der Waals surface area contributed by atoms with Crippen molar-refractivity contribution in [3.8, 4) is 33.4 Å². The summed E-state index contributed by atoms with van der Waals surface area (Å²) in [6.45, 7) is 0. The minimum atomic E-state index is 0.934. The molecule has 0 aliphatic heterocycles. The van der Waals surface area contributed by atoms with Gasteiger partial charge in [0.1, 0.15) is 11.2 Å². The average molecular weight is 571 g/mol. The van der Waals surface area contributed by atoms with Crippen molar-refractivity contribution >= 4 is 65.0 Å². The summed E-state index contributed by atoms with van der Waals surface area (Å²) in [5, 5.41) is 12.4. The lowest BCUT2D eigenvalue weighted by Gasteiger charge is -2.19. The van der Waals surface area contributed by atoms with Crippen LogP contribution in [0, 0.1) is 0 Å². The summed E-state index contributed by atoms with van der Waals surface area (Å²) in [5.74, 6) is 0. The molecule has 1 aromatic heterocycles. The molecule has 9 aromatic carbocycles. The first kappa shape index (κ1) is 24.5. The van der Waals surface area contributed by atoms with Crippen molar-refractivity contribution in [1.29, 1.82) is 0 Å². The van der Waals surface area contributed by atoms with E-state index in [2.05, 4.69) is 158 Å². The predicted octanol–water partition coefficient (Wildman–Crippen LogP) is 12.6. The maximum absolute atomic E-state index is 6.68. The Morgan fingerprint density at radius 2 is 0.978 bits per heavy atom. The first-order chi connectivity index (χ1) is 22.3. The molecule has 1 heterocycles. The number of furan rings is 1. The van der Waals surface area contributed by atoms with Gasteiger partial charge in [0.2, 0.25) is 0 Å². The summed E-state index contributed by atoms with van der Waals surface area (Å²) in [7, 11) is 0. The third-order valence-electron chi connectivity index (χ3n) is 9.59. The molecule has 0 amide bonds. The topological polar surface area (TPSA) is 13.1 Å². The molecule has 0 fully saturated rings.